The highest BCUT2D eigenvalue weighted by atomic mass is 19.4. The highest BCUT2D eigenvalue weighted by molar-refractivity contribution is 5.84. The van der Waals surface area contributed by atoms with Crippen molar-refractivity contribution >= 4 is 5.97 Å². The lowest BCUT2D eigenvalue weighted by atomic mass is 10.1. The average Bonchev–Trinajstić information content (AvgIpc) is 2.85. The van der Waals surface area contributed by atoms with E-state index in [1.54, 1.807) is 0 Å². The van der Waals surface area contributed by atoms with Crippen molar-refractivity contribution in [1.82, 2.24) is 4.98 Å². The summed E-state index contributed by atoms with van der Waals surface area (Å²) in [5, 5.41) is 8.59. The zero-order chi connectivity index (χ0) is 17.4. The summed E-state index contributed by atoms with van der Waals surface area (Å²) in [4.78, 5) is 13.8. The molecule has 1 aromatic carbocycles. The quantitative estimate of drug-likeness (QED) is 0.847. The molecule has 0 bridgehead atoms. The van der Waals surface area contributed by atoms with Gasteiger partial charge in [-0.3, -0.25) is 0 Å². The molecular weight excluding hydrogens is 336 g/mol. The summed E-state index contributed by atoms with van der Waals surface area (Å²) in [6.07, 6.45) is -10.3. The van der Waals surface area contributed by atoms with Crippen molar-refractivity contribution in [2.75, 3.05) is 0 Å². The molecule has 0 radical (unpaired) electrons. The third kappa shape index (κ3) is 3.93. The van der Waals surface area contributed by atoms with Crippen LogP contribution in [0.4, 0.5) is 26.3 Å². The van der Waals surface area contributed by atoms with Gasteiger partial charge in [-0.25, -0.2) is 4.79 Å². The Labute approximate surface area is 123 Å². The summed E-state index contributed by atoms with van der Waals surface area (Å²) in [5.41, 5.74) is -3.80. The summed E-state index contributed by atoms with van der Waals surface area (Å²) >= 11 is 0. The second kappa shape index (κ2) is 5.48. The zero-order valence-electron chi connectivity index (χ0n) is 10.7. The Morgan fingerprint density at radius 3 is 1.96 bits per heavy atom. The van der Waals surface area contributed by atoms with Crippen molar-refractivity contribution in [2.45, 2.75) is 12.4 Å². The normalized spacial score (nSPS) is 12.3. The van der Waals surface area contributed by atoms with Crippen LogP contribution < -0.4 is 4.74 Å². The van der Waals surface area contributed by atoms with Crippen LogP contribution in [0.25, 0.3) is 0 Å². The van der Waals surface area contributed by atoms with Gasteiger partial charge in [0.1, 0.15) is 12.0 Å². The van der Waals surface area contributed by atoms with Crippen molar-refractivity contribution in [3.8, 4) is 11.8 Å². The van der Waals surface area contributed by atoms with Crippen LogP contribution in [0.3, 0.4) is 0 Å². The average molecular weight is 341 g/mol. The summed E-state index contributed by atoms with van der Waals surface area (Å²) in [5.74, 6) is -2.37. The molecule has 1 aromatic heterocycles. The smallest absolute Gasteiger partial charge is 0.416 e. The third-order valence-electron chi connectivity index (χ3n) is 2.47. The first kappa shape index (κ1) is 16.6. The molecule has 0 atom stereocenters. The number of ether oxygens (including phenoxy) is 1. The number of aromatic nitrogens is 1. The Morgan fingerprint density at radius 2 is 1.57 bits per heavy atom. The predicted octanol–water partition coefficient (Wildman–Crippen LogP) is 4.20. The van der Waals surface area contributed by atoms with Crippen LogP contribution in [-0.2, 0) is 12.4 Å². The maximum atomic E-state index is 12.6. The van der Waals surface area contributed by atoms with E-state index >= 15 is 0 Å². The minimum atomic E-state index is -5.04. The van der Waals surface area contributed by atoms with Crippen LogP contribution in [0, 0.1) is 0 Å². The fraction of sp³-hybridized carbons (Fsp3) is 0.167. The second-order valence-electron chi connectivity index (χ2n) is 4.15. The van der Waals surface area contributed by atoms with Gasteiger partial charge in [-0.1, -0.05) is 0 Å². The van der Waals surface area contributed by atoms with Crippen molar-refractivity contribution < 1.29 is 45.4 Å². The first-order chi connectivity index (χ1) is 10.5. The number of nitrogens with zero attached hydrogens (tertiary/aromatic N) is 1. The molecule has 0 saturated carbocycles. The molecular formula is C12H5F6NO4. The number of oxazole rings is 1. The zero-order valence-corrected chi connectivity index (χ0v) is 10.7. The standard InChI is InChI=1S/C12H5F6NO4/c13-11(14,15)5-1-6(12(16,17)18)3-7(2-5)23-10-19-8(4-22-10)9(20)21/h1-4H,(H,20,21). The van der Waals surface area contributed by atoms with E-state index in [0.717, 1.165) is 0 Å². The number of alkyl halides is 6. The number of carbonyl (C=O) groups is 1. The summed E-state index contributed by atoms with van der Waals surface area (Å²) in [6.45, 7) is 0. The fourth-order valence-electron chi connectivity index (χ4n) is 1.49. The highest BCUT2D eigenvalue weighted by Crippen LogP contribution is 2.39. The van der Waals surface area contributed by atoms with Gasteiger partial charge in [0.05, 0.1) is 11.1 Å². The lowest BCUT2D eigenvalue weighted by molar-refractivity contribution is -0.143. The molecule has 2 rings (SSSR count). The van der Waals surface area contributed by atoms with E-state index < -0.39 is 47.0 Å². The molecule has 0 unspecified atom stereocenters. The van der Waals surface area contributed by atoms with E-state index in [-0.39, 0.29) is 6.07 Å². The number of carboxylic acids is 1. The highest BCUT2D eigenvalue weighted by Gasteiger charge is 2.37. The Morgan fingerprint density at radius 1 is 1.04 bits per heavy atom. The Hall–Kier alpha value is -2.72. The third-order valence-corrected chi connectivity index (χ3v) is 2.47. The number of benzene rings is 1. The molecule has 0 aliphatic rings. The minimum Gasteiger partial charge on any atom is -0.476 e. The van der Waals surface area contributed by atoms with Crippen LogP contribution in [0.1, 0.15) is 21.6 Å². The molecule has 5 nitrogen and oxygen atoms in total. The van der Waals surface area contributed by atoms with Crippen molar-refractivity contribution in [3.63, 3.8) is 0 Å². The summed E-state index contributed by atoms with van der Waals surface area (Å²) in [7, 11) is 0. The second-order valence-corrected chi connectivity index (χ2v) is 4.15. The number of rotatable bonds is 3. The number of hydrogen-bond acceptors (Lipinski definition) is 4. The van der Waals surface area contributed by atoms with Gasteiger partial charge in [0.15, 0.2) is 5.69 Å². The largest absolute Gasteiger partial charge is 0.476 e. The Kier molecular flexibility index (Phi) is 3.97. The van der Waals surface area contributed by atoms with Gasteiger partial charge in [-0.05, 0) is 18.2 Å². The summed E-state index contributed by atoms with van der Waals surface area (Å²) < 4.78 is 85.0. The number of halogens is 6. The molecule has 23 heavy (non-hydrogen) atoms. The minimum absolute atomic E-state index is 0.0783. The SMILES string of the molecule is O=C(O)c1coc(Oc2cc(C(F)(F)F)cc(C(F)(F)F)c2)n1. The van der Waals surface area contributed by atoms with Gasteiger partial charge in [-0.2, -0.15) is 31.3 Å². The predicted molar refractivity (Wildman–Crippen MR) is 60.0 cm³/mol. The maximum Gasteiger partial charge on any atom is 0.416 e. The van der Waals surface area contributed by atoms with Crippen LogP contribution >= 0.6 is 0 Å². The molecule has 11 heteroatoms. The van der Waals surface area contributed by atoms with Crippen molar-refractivity contribution in [2.24, 2.45) is 0 Å². The molecule has 0 aliphatic heterocycles. The maximum absolute atomic E-state index is 12.6. The van der Waals surface area contributed by atoms with Crippen LogP contribution in [0.2, 0.25) is 0 Å². The fourth-order valence-corrected chi connectivity index (χ4v) is 1.49. The van der Waals surface area contributed by atoms with E-state index in [2.05, 4.69) is 14.1 Å². The van der Waals surface area contributed by atoms with Gasteiger partial charge in [0, 0.05) is 0 Å². The molecule has 1 heterocycles. The summed E-state index contributed by atoms with van der Waals surface area (Å²) in [6, 6.07) is 0.533. The first-order valence-electron chi connectivity index (χ1n) is 5.63. The van der Waals surface area contributed by atoms with E-state index in [0.29, 0.717) is 18.4 Å². The van der Waals surface area contributed by atoms with Crippen LogP contribution in [0.5, 0.6) is 11.8 Å². The molecule has 124 valence electrons. The van der Waals surface area contributed by atoms with Crippen LogP contribution in [0.15, 0.2) is 28.9 Å². The molecule has 0 saturated heterocycles. The van der Waals surface area contributed by atoms with Gasteiger partial charge in [0.2, 0.25) is 0 Å². The lowest BCUT2D eigenvalue weighted by Crippen LogP contribution is -2.11. The van der Waals surface area contributed by atoms with E-state index in [1.807, 2.05) is 0 Å². The number of hydrogen-bond donors (Lipinski definition) is 1. The van der Waals surface area contributed by atoms with E-state index in [4.69, 9.17) is 5.11 Å². The van der Waals surface area contributed by atoms with Crippen molar-refractivity contribution in [3.05, 3.63) is 41.3 Å². The van der Waals surface area contributed by atoms with Gasteiger partial charge in [-0.15, -0.1) is 0 Å². The van der Waals surface area contributed by atoms with E-state index in [9.17, 15) is 31.1 Å². The number of carboxylic acid groups (broad SMARTS) is 1. The molecule has 0 spiro atoms. The van der Waals surface area contributed by atoms with E-state index in [1.165, 1.54) is 0 Å². The molecule has 0 aliphatic carbocycles. The number of aromatic carboxylic acids is 1. The first-order valence-corrected chi connectivity index (χ1v) is 5.63. The molecule has 0 amide bonds. The van der Waals surface area contributed by atoms with Crippen molar-refractivity contribution in [1.29, 1.82) is 0 Å². The van der Waals surface area contributed by atoms with Crippen LogP contribution in [-0.4, -0.2) is 16.1 Å². The molecule has 1 N–H and O–H groups in total. The monoisotopic (exact) mass is 341 g/mol. The lowest BCUT2D eigenvalue weighted by Gasteiger charge is -2.13. The van der Waals surface area contributed by atoms with Gasteiger partial charge in [0.25, 0.3) is 0 Å². The topological polar surface area (TPSA) is 72.6 Å². The Bertz CT molecular complexity index is 702. The molecule has 0 fully saturated rings. The van der Waals surface area contributed by atoms with Gasteiger partial charge < -0.3 is 14.3 Å². The molecule has 2 aromatic rings. The Balaban J connectivity index is 2.42. The van der Waals surface area contributed by atoms with Gasteiger partial charge >= 0.3 is 24.4 Å².